The van der Waals surface area contributed by atoms with Crippen LogP contribution < -0.4 is 0 Å². The molecule has 13 heavy (non-hydrogen) atoms. The summed E-state index contributed by atoms with van der Waals surface area (Å²) in [7, 11) is 0. The molecule has 1 aliphatic heterocycles. The average molecular weight is 168 g/mol. The Morgan fingerprint density at radius 3 is 3.15 bits per heavy atom. The molecule has 0 N–H and O–H groups in total. The molecular formula is C11H8N2. The molecule has 2 rings (SSSR count). The molecule has 0 unspecified atom stereocenters. The Bertz CT molecular complexity index is 407. The van der Waals surface area contributed by atoms with Gasteiger partial charge in [-0.15, -0.1) is 0 Å². The van der Waals surface area contributed by atoms with Crippen molar-refractivity contribution in [1.82, 2.24) is 4.98 Å². The van der Waals surface area contributed by atoms with Crippen LogP contribution in [0, 0.1) is 0 Å². The maximum atomic E-state index is 4.05. The van der Waals surface area contributed by atoms with Gasteiger partial charge in [0.25, 0.3) is 0 Å². The predicted octanol–water partition coefficient (Wildman–Crippen LogP) is 2.22. The van der Waals surface area contributed by atoms with Gasteiger partial charge < -0.3 is 0 Å². The standard InChI is InChI=1S/C11H8N2/c1-3-10(5-8-12-6-1)11-4-2-7-13-9-11/h1-5,7-9H. The van der Waals surface area contributed by atoms with Gasteiger partial charge in [-0.3, -0.25) is 4.98 Å². The summed E-state index contributed by atoms with van der Waals surface area (Å²) in [5, 5.41) is 0. The van der Waals surface area contributed by atoms with Crippen LogP contribution in [-0.4, -0.2) is 10.9 Å². The molecule has 0 amide bonds. The van der Waals surface area contributed by atoms with Gasteiger partial charge in [0.1, 0.15) is 0 Å². The normalized spacial score (nSPS) is 14.0. The van der Waals surface area contributed by atoms with Gasteiger partial charge in [-0.05, 0) is 29.7 Å². The van der Waals surface area contributed by atoms with E-state index >= 15 is 0 Å². The van der Waals surface area contributed by atoms with E-state index in [1.54, 1.807) is 18.5 Å². The molecule has 0 aromatic carbocycles. The fourth-order valence-electron chi connectivity index (χ4n) is 1.11. The molecule has 0 fully saturated rings. The van der Waals surface area contributed by atoms with E-state index in [9.17, 15) is 0 Å². The average Bonchev–Trinajstić information content (AvgIpc) is 2.47. The fraction of sp³-hybridized carbons (Fsp3) is 0. The van der Waals surface area contributed by atoms with Crippen LogP contribution in [0.5, 0.6) is 0 Å². The van der Waals surface area contributed by atoms with Crippen LogP contribution in [-0.2, 0) is 0 Å². The van der Waals surface area contributed by atoms with Crippen molar-refractivity contribution >= 4 is 11.4 Å². The van der Waals surface area contributed by atoms with E-state index in [0.29, 0.717) is 0 Å². The molecule has 0 saturated carbocycles. The van der Waals surface area contributed by atoms with Gasteiger partial charge >= 0.3 is 0 Å². The highest BCUT2D eigenvalue weighted by Gasteiger charge is 1.95. The van der Waals surface area contributed by atoms with Crippen molar-refractivity contribution in [2.75, 3.05) is 0 Å². The molecule has 1 aromatic heterocycles. The maximum absolute atomic E-state index is 4.05. The largest absolute Gasteiger partial charge is 0.264 e. The first-order valence-electron chi connectivity index (χ1n) is 4.02. The molecule has 2 heteroatoms. The van der Waals surface area contributed by atoms with E-state index in [1.807, 2.05) is 30.5 Å². The molecule has 2 nitrogen and oxygen atoms in total. The summed E-state index contributed by atoms with van der Waals surface area (Å²) in [6.07, 6.45) is 11.0. The second-order valence-electron chi connectivity index (χ2n) is 2.60. The monoisotopic (exact) mass is 168 g/mol. The third-order valence-corrected chi connectivity index (χ3v) is 1.74. The zero-order valence-corrected chi connectivity index (χ0v) is 7.01. The van der Waals surface area contributed by atoms with Crippen molar-refractivity contribution in [3.63, 3.8) is 0 Å². The van der Waals surface area contributed by atoms with Crippen molar-refractivity contribution in [3.05, 3.63) is 54.5 Å². The SMILES string of the molecule is C1=CC=C(c2cccnc2)C=CN=1. The van der Waals surface area contributed by atoms with Gasteiger partial charge in [-0.2, -0.15) is 0 Å². The quantitative estimate of drug-likeness (QED) is 0.631. The van der Waals surface area contributed by atoms with Gasteiger partial charge in [0.15, 0.2) is 0 Å². The van der Waals surface area contributed by atoms with E-state index in [4.69, 9.17) is 0 Å². The number of hydrogen-bond donors (Lipinski definition) is 0. The van der Waals surface area contributed by atoms with Crippen molar-refractivity contribution in [1.29, 1.82) is 0 Å². The lowest BCUT2D eigenvalue weighted by molar-refractivity contribution is 1.31. The second-order valence-corrected chi connectivity index (χ2v) is 2.60. The Morgan fingerprint density at radius 2 is 2.31 bits per heavy atom. The smallest absolute Gasteiger partial charge is 0.0374 e. The number of aliphatic imine (C=N–C) groups is 1. The minimum Gasteiger partial charge on any atom is -0.264 e. The molecule has 0 spiro atoms. The summed E-state index contributed by atoms with van der Waals surface area (Å²) >= 11 is 0. The van der Waals surface area contributed by atoms with Gasteiger partial charge in [0, 0.05) is 30.2 Å². The highest BCUT2D eigenvalue weighted by molar-refractivity contribution is 5.78. The van der Waals surface area contributed by atoms with E-state index < -0.39 is 0 Å². The van der Waals surface area contributed by atoms with Gasteiger partial charge in [-0.1, -0.05) is 6.07 Å². The van der Waals surface area contributed by atoms with Crippen LogP contribution in [0.3, 0.4) is 0 Å². The first kappa shape index (κ1) is 7.71. The molecule has 0 atom stereocenters. The topological polar surface area (TPSA) is 25.2 Å². The zero-order chi connectivity index (χ0) is 8.93. The summed E-state index contributed by atoms with van der Waals surface area (Å²) < 4.78 is 0. The van der Waals surface area contributed by atoms with E-state index in [0.717, 1.165) is 11.1 Å². The molecule has 2 heterocycles. The maximum Gasteiger partial charge on any atom is 0.0374 e. The van der Waals surface area contributed by atoms with E-state index in [2.05, 4.69) is 15.8 Å². The van der Waals surface area contributed by atoms with Crippen LogP contribution in [0.25, 0.3) is 5.57 Å². The van der Waals surface area contributed by atoms with Crippen LogP contribution in [0.1, 0.15) is 5.56 Å². The molecule has 62 valence electrons. The van der Waals surface area contributed by atoms with Crippen molar-refractivity contribution in [2.24, 2.45) is 4.99 Å². The lowest BCUT2D eigenvalue weighted by Gasteiger charge is -1.98. The highest BCUT2D eigenvalue weighted by Crippen LogP contribution is 2.14. The van der Waals surface area contributed by atoms with Crippen molar-refractivity contribution in [3.8, 4) is 0 Å². The molecule has 1 aliphatic rings. The van der Waals surface area contributed by atoms with Gasteiger partial charge in [0.05, 0.1) is 0 Å². The third-order valence-electron chi connectivity index (χ3n) is 1.74. The summed E-state index contributed by atoms with van der Waals surface area (Å²) in [4.78, 5) is 7.94. The van der Waals surface area contributed by atoms with E-state index in [1.165, 1.54) is 0 Å². The van der Waals surface area contributed by atoms with Gasteiger partial charge in [0.2, 0.25) is 0 Å². The number of nitrogens with zero attached hydrogens (tertiary/aromatic N) is 2. The van der Waals surface area contributed by atoms with Crippen LogP contribution in [0.2, 0.25) is 0 Å². The Morgan fingerprint density at radius 1 is 1.31 bits per heavy atom. The summed E-state index contributed by atoms with van der Waals surface area (Å²) in [6.45, 7) is 0. The Labute approximate surface area is 76.7 Å². The summed E-state index contributed by atoms with van der Waals surface area (Å²) in [5.41, 5.74) is 2.19. The van der Waals surface area contributed by atoms with Crippen molar-refractivity contribution in [2.45, 2.75) is 0 Å². The van der Waals surface area contributed by atoms with Crippen LogP contribution in [0.4, 0.5) is 0 Å². The lowest BCUT2D eigenvalue weighted by atomic mass is 10.1. The summed E-state index contributed by atoms with van der Waals surface area (Å²) in [6, 6.07) is 3.93. The van der Waals surface area contributed by atoms with Crippen LogP contribution >= 0.6 is 0 Å². The molecule has 0 aliphatic carbocycles. The van der Waals surface area contributed by atoms with Gasteiger partial charge in [-0.25, -0.2) is 4.99 Å². The Kier molecular flexibility index (Phi) is 2.17. The molecular weight excluding hydrogens is 160 g/mol. The van der Waals surface area contributed by atoms with E-state index in [-0.39, 0.29) is 0 Å². The summed E-state index contributed by atoms with van der Waals surface area (Å²) in [5.74, 6) is 2.76. The Balaban J connectivity index is 2.39. The number of hydrogen-bond acceptors (Lipinski definition) is 2. The Hall–Kier alpha value is -1.92. The molecule has 0 saturated heterocycles. The first-order valence-corrected chi connectivity index (χ1v) is 4.02. The zero-order valence-electron chi connectivity index (χ0n) is 7.01. The molecule has 0 bridgehead atoms. The number of pyridine rings is 1. The third kappa shape index (κ3) is 1.81. The van der Waals surface area contributed by atoms with Crippen LogP contribution in [0.15, 0.2) is 53.9 Å². The minimum atomic E-state index is 1.09. The highest BCUT2D eigenvalue weighted by atomic mass is 14.6. The predicted molar refractivity (Wildman–Crippen MR) is 53.4 cm³/mol. The molecule has 0 radical (unpaired) electrons. The first-order chi connectivity index (χ1) is 6.47. The minimum absolute atomic E-state index is 1.09. The lowest BCUT2D eigenvalue weighted by Crippen LogP contribution is -1.80. The van der Waals surface area contributed by atoms with Crippen molar-refractivity contribution < 1.29 is 0 Å². The number of aromatic nitrogens is 1. The second kappa shape index (κ2) is 3.65. The molecule has 1 aromatic rings. The fourth-order valence-corrected chi connectivity index (χ4v) is 1.11. The number of allylic oxidation sites excluding steroid dienone is 4. The number of rotatable bonds is 1.